The van der Waals surface area contributed by atoms with Crippen LogP contribution in [0.2, 0.25) is 0 Å². The van der Waals surface area contributed by atoms with Crippen LogP contribution in [0.1, 0.15) is 40.3 Å². The molecule has 1 aliphatic rings. The lowest BCUT2D eigenvalue weighted by Gasteiger charge is -2.07. The third kappa shape index (κ3) is 3.78. The normalized spacial score (nSPS) is 11.9. The van der Waals surface area contributed by atoms with Crippen LogP contribution in [0.15, 0.2) is 66.7 Å². The smallest absolute Gasteiger partial charge is 0.0253 e. The molecule has 1 nitrogen and oxygen atoms in total. The van der Waals surface area contributed by atoms with Crippen molar-refractivity contribution in [2.45, 2.75) is 34.1 Å². The Balaban J connectivity index is 0.000000168. The molecule has 3 aromatic rings. The number of fused-ring (bicyclic) bond motifs is 3. The molecule has 0 atom stereocenters. The van der Waals surface area contributed by atoms with E-state index in [9.17, 15) is 0 Å². The van der Waals surface area contributed by atoms with E-state index >= 15 is 0 Å². The summed E-state index contributed by atoms with van der Waals surface area (Å²) < 4.78 is 0. The van der Waals surface area contributed by atoms with Gasteiger partial charge in [0.15, 0.2) is 0 Å². The first-order valence-electron chi connectivity index (χ1n) is 9.47. The summed E-state index contributed by atoms with van der Waals surface area (Å²) in [7, 11) is 0. The van der Waals surface area contributed by atoms with Crippen molar-refractivity contribution >= 4 is 11.8 Å². The highest BCUT2D eigenvalue weighted by Gasteiger charge is 2.21. The molecular formula is C26H27N. The summed E-state index contributed by atoms with van der Waals surface area (Å²) >= 11 is 0. The number of allylic oxidation sites excluding steroid dienone is 2. The maximum absolute atomic E-state index is 7.10. The van der Waals surface area contributed by atoms with Crippen molar-refractivity contribution in [2.75, 3.05) is 0 Å². The SMILES string of the molecule is C/C=C(\C=N)c1ccccc1.Cc1ccc2c(c1C)Cc1c(C)cccc1-2. The first kappa shape index (κ1) is 18.8. The van der Waals surface area contributed by atoms with Gasteiger partial charge in [-0.2, -0.15) is 0 Å². The fraction of sp³-hybridized carbons (Fsp3) is 0.192. The summed E-state index contributed by atoms with van der Waals surface area (Å²) in [5.74, 6) is 0. The fourth-order valence-electron chi connectivity index (χ4n) is 3.68. The van der Waals surface area contributed by atoms with Crippen LogP contribution in [0.25, 0.3) is 16.7 Å². The Hall–Kier alpha value is -2.93. The second-order valence-corrected chi connectivity index (χ2v) is 7.07. The van der Waals surface area contributed by atoms with Crippen LogP contribution < -0.4 is 0 Å². The van der Waals surface area contributed by atoms with Crippen molar-refractivity contribution in [2.24, 2.45) is 0 Å². The highest BCUT2D eigenvalue weighted by atomic mass is 14.3. The zero-order valence-electron chi connectivity index (χ0n) is 16.6. The van der Waals surface area contributed by atoms with Gasteiger partial charge in [-0.05, 0) is 84.2 Å². The molecule has 0 heterocycles. The Morgan fingerprint density at radius 1 is 0.778 bits per heavy atom. The van der Waals surface area contributed by atoms with Crippen molar-refractivity contribution in [3.8, 4) is 11.1 Å². The molecule has 27 heavy (non-hydrogen) atoms. The number of rotatable bonds is 2. The summed E-state index contributed by atoms with van der Waals surface area (Å²) in [4.78, 5) is 0. The van der Waals surface area contributed by atoms with Crippen LogP contribution >= 0.6 is 0 Å². The average molecular weight is 354 g/mol. The van der Waals surface area contributed by atoms with Crippen LogP contribution in [0.3, 0.4) is 0 Å². The van der Waals surface area contributed by atoms with Crippen molar-refractivity contribution in [1.82, 2.24) is 0 Å². The molecule has 0 unspecified atom stereocenters. The number of nitrogens with one attached hydrogen (secondary N) is 1. The van der Waals surface area contributed by atoms with E-state index in [1.807, 2.05) is 43.3 Å². The molecule has 0 aliphatic heterocycles. The van der Waals surface area contributed by atoms with E-state index in [0.29, 0.717) is 0 Å². The average Bonchev–Trinajstić information content (AvgIpc) is 3.08. The van der Waals surface area contributed by atoms with Gasteiger partial charge in [-0.3, -0.25) is 0 Å². The molecule has 0 aromatic heterocycles. The zero-order chi connectivity index (χ0) is 19.4. The molecule has 0 fully saturated rings. The van der Waals surface area contributed by atoms with E-state index in [4.69, 9.17) is 5.41 Å². The highest BCUT2D eigenvalue weighted by molar-refractivity contribution is 6.08. The number of hydrogen-bond donors (Lipinski definition) is 1. The minimum atomic E-state index is 0.964. The molecule has 0 spiro atoms. The van der Waals surface area contributed by atoms with Gasteiger partial charge in [0.05, 0.1) is 0 Å². The monoisotopic (exact) mass is 353 g/mol. The molecule has 1 heteroatoms. The highest BCUT2D eigenvalue weighted by Crippen LogP contribution is 2.40. The van der Waals surface area contributed by atoms with E-state index in [1.165, 1.54) is 45.2 Å². The summed E-state index contributed by atoms with van der Waals surface area (Å²) in [5, 5.41) is 7.10. The largest absolute Gasteiger partial charge is 0.308 e. The molecule has 1 N–H and O–H groups in total. The Morgan fingerprint density at radius 3 is 2.15 bits per heavy atom. The maximum atomic E-state index is 7.10. The molecule has 0 saturated heterocycles. The first-order chi connectivity index (χ1) is 13.1. The van der Waals surface area contributed by atoms with E-state index in [0.717, 1.165) is 17.6 Å². The van der Waals surface area contributed by atoms with E-state index in [2.05, 4.69) is 51.1 Å². The second-order valence-electron chi connectivity index (χ2n) is 7.07. The van der Waals surface area contributed by atoms with Crippen molar-refractivity contribution in [3.63, 3.8) is 0 Å². The van der Waals surface area contributed by atoms with Crippen LogP contribution in [0.5, 0.6) is 0 Å². The van der Waals surface area contributed by atoms with Gasteiger partial charge in [0, 0.05) is 6.21 Å². The summed E-state index contributed by atoms with van der Waals surface area (Å²) in [6, 6.07) is 21.1. The molecular weight excluding hydrogens is 326 g/mol. The number of benzene rings is 3. The molecule has 0 amide bonds. The summed E-state index contributed by atoms with van der Waals surface area (Å²) in [6.07, 6.45) is 4.42. The Labute approximate surface area is 162 Å². The predicted octanol–water partition coefficient (Wildman–Crippen LogP) is 6.92. The Kier molecular flexibility index (Phi) is 5.71. The van der Waals surface area contributed by atoms with Gasteiger partial charge in [0.1, 0.15) is 0 Å². The Morgan fingerprint density at radius 2 is 1.48 bits per heavy atom. The lowest BCUT2D eigenvalue weighted by Crippen LogP contribution is -1.90. The van der Waals surface area contributed by atoms with Gasteiger partial charge in [-0.15, -0.1) is 0 Å². The first-order valence-corrected chi connectivity index (χ1v) is 9.47. The van der Waals surface area contributed by atoms with Gasteiger partial charge >= 0.3 is 0 Å². The predicted molar refractivity (Wildman–Crippen MR) is 118 cm³/mol. The molecule has 0 radical (unpaired) electrons. The van der Waals surface area contributed by atoms with Crippen LogP contribution in [-0.2, 0) is 6.42 Å². The fourth-order valence-corrected chi connectivity index (χ4v) is 3.68. The lowest BCUT2D eigenvalue weighted by atomic mass is 9.98. The van der Waals surface area contributed by atoms with Gasteiger partial charge in [0.2, 0.25) is 0 Å². The molecule has 4 rings (SSSR count). The maximum Gasteiger partial charge on any atom is 0.0253 e. The third-order valence-electron chi connectivity index (χ3n) is 5.50. The van der Waals surface area contributed by atoms with Crippen LogP contribution in [0, 0.1) is 26.2 Å². The quantitative estimate of drug-likeness (QED) is 0.378. The van der Waals surface area contributed by atoms with E-state index in [-0.39, 0.29) is 0 Å². The minimum absolute atomic E-state index is 0.964. The molecule has 0 bridgehead atoms. The van der Waals surface area contributed by atoms with E-state index < -0.39 is 0 Å². The second kappa shape index (κ2) is 8.18. The number of hydrogen-bond acceptors (Lipinski definition) is 1. The van der Waals surface area contributed by atoms with Gasteiger partial charge in [-0.25, -0.2) is 0 Å². The zero-order valence-corrected chi connectivity index (χ0v) is 16.6. The topological polar surface area (TPSA) is 23.9 Å². The van der Waals surface area contributed by atoms with Crippen LogP contribution in [0.4, 0.5) is 0 Å². The summed E-state index contributed by atoms with van der Waals surface area (Å²) in [6.45, 7) is 8.60. The summed E-state index contributed by atoms with van der Waals surface area (Å²) in [5.41, 5.74) is 12.3. The van der Waals surface area contributed by atoms with Crippen molar-refractivity contribution in [1.29, 1.82) is 5.41 Å². The Bertz CT molecular complexity index is 994. The van der Waals surface area contributed by atoms with E-state index in [1.54, 1.807) is 0 Å². The molecule has 0 saturated carbocycles. The lowest BCUT2D eigenvalue weighted by molar-refractivity contribution is 1.17. The standard InChI is InChI=1S/C16H16.C10H11N/c1-10-7-8-14-13-6-4-5-11(2)15(13)9-16(14)12(10)3;1-2-9(8-11)10-6-4-3-5-7-10/h4-8H,9H2,1-3H3;2-8,11H,1H3/b;9-2+,11-8?. The van der Waals surface area contributed by atoms with Gasteiger partial charge < -0.3 is 5.41 Å². The van der Waals surface area contributed by atoms with Gasteiger partial charge in [-0.1, -0.05) is 66.7 Å². The van der Waals surface area contributed by atoms with Crippen LogP contribution in [-0.4, -0.2) is 6.21 Å². The molecule has 1 aliphatic carbocycles. The molecule has 136 valence electrons. The van der Waals surface area contributed by atoms with Gasteiger partial charge in [0.25, 0.3) is 0 Å². The minimum Gasteiger partial charge on any atom is -0.308 e. The number of aryl methyl sites for hydroxylation is 2. The third-order valence-corrected chi connectivity index (χ3v) is 5.50. The van der Waals surface area contributed by atoms with Crippen molar-refractivity contribution < 1.29 is 0 Å². The van der Waals surface area contributed by atoms with Crippen molar-refractivity contribution in [3.05, 3.63) is 100 Å². The molecule has 3 aromatic carbocycles.